The van der Waals surface area contributed by atoms with Crippen LogP contribution in [0, 0.1) is 6.92 Å². The summed E-state index contributed by atoms with van der Waals surface area (Å²) >= 11 is 0. The van der Waals surface area contributed by atoms with Crippen LogP contribution in [0.1, 0.15) is 48.1 Å². The van der Waals surface area contributed by atoms with Gasteiger partial charge in [0.05, 0.1) is 0 Å². The molecule has 0 nitrogen and oxygen atoms in total. The second kappa shape index (κ2) is 8.19. The molecule has 1 atom stereocenters. The standard InChI is InChI=1S/C21H18.C5H10/c1-16-11-13-19(14-12-16)21(18-8-3-2-4-9-18)15-17-7-5-6-10-20(17)21;1-3-5-4-2/h2-14H,15H2,1H3;3,5H,4H2,1-2H3/b;5-3-. The molecule has 0 fully saturated rings. The summed E-state index contributed by atoms with van der Waals surface area (Å²) < 4.78 is 0. The van der Waals surface area contributed by atoms with Crippen LogP contribution in [-0.4, -0.2) is 0 Å². The Morgan fingerprint density at radius 3 is 2.00 bits per heavy atom. The molecule has 0 amide bonds. The van der Waals surface area contributed by atoms with Crippen LogP contribution in [0.5, 0.6) is 0 Å². The fourth-order valence-electron chi connectivity index (χ4n) is 3.84. The van der Waals surface area contributed by atoms with E-state index in [-0.39, 0.29) is 5.41 Å². The summed E-state index contributed by atoms with van der Waals surface area (Å²) in [5.41, 5.74) is 7.08. The number of hydrogen-bond acceptors (Lipinski definition) is 0. The van der Waals surface area contributed by atoms with E-state index in [1.165, 1.54) is 27.8 Å². The normalized spacial score (nSPS) is 17.8. The van der Waals surface area contributed by atoms with Gasteiger partial charge in [-0.2, -0.15) is 0 Å². The molecule has 0 heterocycles. The molecule has 4 rings (SSSR count). The van der Waals surface area contributed by atoms with Crippen LogP contribution in [0.4, 0.5) is 0 Å². The van der Waals surface area contributed by atoms with Gasteiger partial charge in [-0.05, 0) is 48.9 Å². The average Bonchev–Trinajstić information content (AvgIpc) is 2.66. The third-order valence-electron chi connectivity index (χ3n) is 5.22. The Morgan fingerprint density at radius 1 is 0.808 bits per heavy atom. The van der Waals surface area contributed by atoms with Crippen molar-refractivity contribution >= 4 is 0 Å². The summed E-state index contributed by atoms with van der Waals surface area (Å²) in [6.07, 6.45) is 6.44. The number of hydrogen-bond donors (Lipinski definition) is 0. The molecule has 26 heavy (non-hydrogen) atoms. The van der Waals surface area contributed by atoms with Crippen LogP contribution in [0.15, 0.2) is 91.0 Å². The first kappa shape index (κ1) is 18.2. The molecule has 0 heteroatoms. The molecule has 0 saturated heterocycles. The van der Waals surface area contributed by atoms with Crippen molar-refractivity contribution in [2.75, 3.05) is 0 Å². The monoisotopic (exact) mass is 340 g/mol. The Kier molecular flexibility index (Phi) is 5.73. The summed E-state index contributed by atoms with van der Waals surface area (Å²) in [5, 5.41) is 0. The number of allylic oxidation sites excluding steroid dienone is 2. The van der Waals surface area contributed by atoms with Gasteiger partial charge in [0.2, 0.25) is 0 Å². The smallest absolute Gasteiger partial charge is 0.0494 e. The molecule has 0 spiro atoms. The minimum atomic E-state index is 0.0333. The highest BCUT2D eigenvalue weighted by atomic mass is 14.5. The van der Waals surface area contributed by atoms with E-state index in [9.17, 15) is 0 Å². The van der Waals surface area contributed by atoms with E-state index in [0.29, 0.717) is 0 Å². The van der Waals surface area contributed by atoms with Gasteiger partial charge >= 0.3 is 0 Å². The number of aryl methyl sites for hydroxylation is 1. The zero-order valence-electron chi connectivity index (χ0n) is 16.1. The largest absolute Gasteiger partial charge is 0.0917 e. The fraction of sp³-hybridized carbons (Fsp3) is 0.231. The van der Waals surface area contributed by atoms with Crippen LogP contribution in [0.3, 0.4) is 0 Å². The van der Waals surface area contributed by atoms with Crippen molar-refractivity contribution in [2.24, 2.45) is 0 Å². The Labute approximate surface area is 158 Å². The molecule has 0 bridgehead atoms. The van der Waals surface area contributed by atoms with Gasteiger partial charge in [0.1, 0.15) is 0 Å². The maximum Gasteiger partial charge on any atom is 0.0494 e. The molecule has 3 aromatic carbocycles. The highest BCUT2D eigenvalue weighted by Gasteiger charge is 2.45. The first-order valence-corrected chi connectivity index (χ1v) is 9.54. The number of benzene rings is 3. The Bertz CT molecular complexity index is 856. The van der Waals surface area contributed by atoms with Crippen molar-refractivity contribution in [3.05, 3.63) is 119 Å². The number of rotatable bonds is 3. The lowest BCUT2D eigenvalue weighted by Gasteiger charge is -2.45. The van der Waals surface area contributed by atoms with E-state index >= 15 is 0 Å². The van der Waals surface area contributed by atoms with E-state index in [1.54, 1.807) is 0 Å². The quantitative estimate of drug-likeness (QED) is 0.457. The van der Waals surface area contributed by atoms with E-state index in [0.717, 1.165) is 12.8 Å². The van der Waals surface area contributed by atoms with Crippen molar-refractivity contribution in [2.45, 2.75) is 39.0 Å². The van der Waals surface area contributed by atoms with Crippen molar-refractivity contribution in [3.8, 4) is 0 Å². The third kappa shape index (κ3) is 3.37. The molecule has 132 valence electrons. The average molecular weight is 341 g/mol. The molecular formula is C26H28. The van der Waals surface area contributed by atoms with E-state index in [4.69, 9.17) is 0 Å². The fourth-order valence-corrected chi connectivity index (χ4v) is 3.84. The zero-order valence-corrected chi connectivity index (χ0v) is 16.1. The summed E-state index contributed by atoms with van der Waals surface area (Å²) in [7, 11) is 0. The predicted molar refractivity (Wildman–Crippen MR) is 113 cm³/mol. The molecule has 0 saturated carbocycles. The molecule has 1 aliphatic rings. The Morgan fingerprint density at radius 2 is 1.42 bits per heavy atom. The van der Waals surface area contributed by atoms with Crippen LogP contribution in [0.25, 0.3) is 0 Å². The van der Waals surface area contributed by atoms with Crippen molar-refractivity contribution < 1.29 is 0 Å². The van der Waals surface area contributed by atoms with Crippen LogP contribution in [-0.2, 0) is 11.8 Å². The van der Waals surface area contributed by atoms with Crippen LogP contribution >= 0.6 is 0 Å². The third-order valence-corrected chi connectivity index (χ3v) is 5.22. The Hall–Kier alpha value is -2.60. The summed E-state index contributed by atoms with van der Waals surface area (Å²) in [4.78, 5) is 0. The zero-order chi connectivity index (χ0) is 18.4. The molecular weight excluding hydrogens is 312 g/mol. The lowest BCUT2D eigenvalue weighted by molar-refractivity contribution is 0.537. The highest BCUT2D eigenvalue weighted by molar-refractivity contribution is 5.61. The molecule has 0 radical (unpaired) electrons. The lowest BCUT2D eigenvalue weighted by atomic mass is 9.57. The Balaban J connectivity index is 0.000000349. The summed E-state index contributed by atoms with van der Waals surface area (Å²) in [6, 6.07) is 28.8. The van der Waals surface area contributed by atoms with Crippen LogP contribution < -0.4 is 0 Å². The number of fused-ring (bicyclic) bond motifs is 1. The molecule has 0 N–H and O–H groups in total. The SMILES string of the molecule is C/C=C\CC.Cc1ccc(C2(c3ccccc3)Cc3ccccc32)cc1. The van der Waals surface area contributed by atoms with Crippen molar-refractivity contribution in [3.63, 3.8) is 0 Å². The molecule has 0 aromatic heterocycles. The first-order chi connectivity index (χ1) is 12.7. The van der Waals surface area contributed by atoms with Gasteiger partial charge in [0.15, 0.2) is 0 Å². The van der Waals surface area contributed by atoms with Gasteiger partial charge < -0.3 is 0 Å². The van der Waals surface area contributed by atoms with Crippen LogP contribution in [0.2, 0.25) is 0 Å². The van der Waals surface area contributed by atoms with E-state index in [2.05, 4.69) is 105 Å². The summed E-state index contributed by atoms with van der Waals surface area (Å²) in [5.74, 6) is 0. The molecule has 1 unspecified atom stereocenters. The minimum Gasteiger partial charge on any atom is -0.0917 e. The van der Waals surface area contributed by atoms with Crippen molar-refractivity contribution in [1.82, 2.24) is 0 Å². The van der Waals surface area contributed by atoms with E-state index in [1.807, 2.05) is 6.92 Å². The van der Waals surface area contributed by atoms with Gasteiger partial charge in [0.25, 0.3) is 0 Å². The van der Waals surface area contributed by atoms with Gasteiger partial charge in [-0.15, -0.1) is 0 Å². The van der Waals surface area contributed by atoms with Gasteiger partial charge in [0, 0.05) is 5.41 Å². The second-order valence-corrected chi connectivity index (χ2v) is 6.95. The summed E-state index contributed by atoms with van der Waals surface area (Å²) in [6.45, 7) is 6.30. The van der Waals surface area contributed by atoms with Gasteiger partial charge in [-0.1, -0.05) is 104 Å². The molecule has 1 aliphatic carbocycles. The maximum absolute atomic E-state index is 2.29. The van der Waals surface area contributed by atoms with E-state index < -0.39 is 0 Å². The maximum atomic E-state index is 2.29. The predicted octanol–water partition coefficient (Wildman–Crippen LogP) is 6.86. The minimum absolute atomic E-state index is 0.0333. The van der Waals surface area contributed by atoms with Gasteiger partial charge in [-0.3, -0.25) is 0 Å². The van der Waals surface area contributed by atoms with Gasteiger partial charge in [-0.25, -0.2) is 0 Å². The van der Waals surface area contributed by atoms with Crippen molar-refractivity contribution in [1.29, 1.82) is 0 Å². The lowest BCUT2D eigenvalue weighted by Crippen LogP contribution is -2.41. The second-order valence-electron chi connectivity index (χ2n) is 6.95. The molecule has 3 aromatic rings. The first-order valence-electron chi connectivity index (χ1n) is 9.54. The highest BCUT2D eigenvalue weighted by Crippen LogP contribution is 2.50. The molecule has 0 aliphatic heterocycles. The topological polar surface area (TPSA) is 0 Å².